The highest BCUT2D eigenvalue weighted by Gasteiger charge is 2.24. The van der Waals surface area contributed by atoms with Crippen LogP contribution in [-0.2, 0) is 19.4 Å². The number of hydrogen-bond donors (Lipinski definition) is 4. The molecule has 2 aromatic carbocycles. The monoisotopic (exact) mass is 425 g/mol. The molecule has 0 saturated heterocycles. The second-order valence-electron chi connectivity index (χ2n) is 8.69. The van der Waals surface area contributed by atoms with Crippen LogP contribution < -0.4 is 10.6 Å². The lowest BCUT2D eigenvalue weighted by molar-refractivity contribution is 0.0957. The summed E-state index contributed by atoms with van der Waals surface area (Å²) in [6.07, 6.45) is 1.50. The number of hydrogen-bond acceptors (Lipinski definition) is 3. The Morgan fingerprint density at radius 3 is 2.73 bits per heavy atom. The first-order chi connectivity index (χ1) is 14.3. The maximum Gasteiger partial charge on any atom is 0.252 e. The number of nitrogens with one attached hydrogen (secondary N) is 3. The van der Waals surface area contributed by atoms with Gasteiger partial charge in [0.05, 0.1) is 5.56 Å². The van der Waals surface area contributed by atoms with E-state index in [-0.39, 0.29) is 5.91 Å². The van der Waals surface area contributed by atoms with Crippen molar-refractivity contribution >= 4 is 25.1 Å². The van der Waals surface area contributed by atoms with Crippen LogP contribution in [0.25, 0.3) is 22.2 Å². The zero-order chi connectivity index (χ0) is 21.5. The number of halogens is 1. The van der Waals surface area contributed by atoms with Gasteiger partial charge in [-0.05, 0) is 79.5 Å². The van der Waals surface area contributed by atoms with Gasteiger partial charge < -0.3 is 20.4 Å². The zero-order valence-corrected chi connectivity index (χ0v) is 18.7. The highest BCUT2D eigenvalue weighted by atomic mass is 28.4. The van der Waals surface area contributed by atoms with E-state index in [2.05, 4.69) is 33.8 Å². The van der Waals surface area contributed by atoms with Gasteiger partial charge in [0.15, 0.2) is 8.32 Å². The van der Waals surface area contributed by atoms with Gasteiger partial charge >= 0.3 is 0 Å². The molecule has 3 aromatic rings. The molecule has 0 saturated carbocycles. The summed E-state index contributed by atoms with van der Waals surface area (Å²) in [5.74, 6) is -0.655. The molecule has 4 rings (SSSR count). The average molecular weight is 426 g/mol. The molecule has 1 aliphatic rings. The molecule has 0 bridgehead atoms. The normalized spacial score (nSPS) is 14.1. The number of H-pyrrole nitrogens is 1. The minimum Gasteiger partial charge on any atom is -0.432 e. The van der Waals surface area contributed by atoms with Crippen LogP contribution in [0.4, 0.5) is 4.39 Å². The number of carbonyl (C=O) groups excluding carboxylic acids is 1. The Bertz CT molecular complexity index is 1120. The predicted octanol–water partition coefficient (Wildman–Crippen LogP) is 3.72. The van der Waals surface area contributed by atoms with Gasteiger partial charge in [-0.25, -0.2) is 4.39 Å². The molecule has 0 radical (unpaired) electrons. The summed E-state index contributed by atoms with van der Waals surface area (Å²) in [7, 11) is -0.237. The van der Waals surface area contributed by atoms with Crippen molar-refractivity contribution in [3.05, 3.63) is 58.4 Å². The van der Waals surface area contributed by atoms with Crippen molar-refractivity contribution in [2.24, 2.45) is 0 Å². The van der Waals surface area contributed by atoms with Crippen molar-refractivity contribution in [2.45, 2.75) is 38.5 Å². The molecule has 0 spiro atoms. The van der Waals surface area contributed by atoms with Crippen molar-refractivity contribution in [1.82, 2.24) is 15.6 Å². The predicted molar refractivity (Wildman–Crippen MR) is 121 cm³/mol. The third kappa shape index (κ3) is 4.05. The molecule has 0 aliphatic carbocycles. The van der Waals surface area contributed by atoms with Gasteiger partial charge in [0.2, 0.25) is 0 Å². The maximum atomic E-state index is 14.1. The second-order valence-corrected chi connectivity index (χ2v) is 12.8. The Morgan fingerprint density at radius 2 is 2.00 bits per heavy atom. The fourth-order valence-electron chi connectivity index (χ4n) is 4.26. The number of aromatic nitrogens is 1. The van der Waals surface area contributed by atoms with E-state index < -0.39 is 14.1 Å². The number of carbonyl (C=O) groups is 1. The highest BCUT2D eigenvalue weighted by molar-refractivity contribution is 6.69. The van der Waals surface area contributed by atoms with E-state index in [0.717, 1.165) is 41.2 Å². The second kappa shape index (κ2) is 7.98. The lowest BCUT2D eigenvalue weighted by atomic mass is 9.96. The van der Waals surface area contributed by atoms with Crippen LogP contribution in [0.5, 0.6) is 0 Å². The van der Waals surface area contributed by atoms with Crippen LogP contribution in [0.3, 0.4) is 0 Å². The van der Waals surface area contributed by atoms with Crippen molar-refractivity contribution in [3.8, 4) is 11.3 Å². The molecule has 2 heterocycles. The van der Waals surface area contributed by atoms with E-state index in [1.54, 1.807) is 0 Å². The smallest absolute Gasteiger partial charge is 0.252 e. The van der Waals surface area contributed by atoms with Crippen LogP contribution in [0.1, 0.15) is 27.0 Å². The Labute approximate surface area is 176 Å². The molecule has 1 aromatic heterocycles. The molecule has 1 aliphatic heterocycles. The Kier molecular flexibility index (Phi) is 5.53. The van der Waals surface area contributed by atoms with Crippen molar-refractivity contribution in [3.63, 3.8) is 0 Å². The summed E-state index contributed by atoms with van der Waals surface area (Å²) in [6.45, 7) is 5.19. The average Bonchev–Trinajstić information content (AvgIpc) is 2.95. The lowest BCUT2D eigenvalue weighted by Gasteiger charge is -2.17. The van der Waals surface area contributed by atoms with Crippen molar-refractivity contribution in [2.75, 3.05) is 13.6 Å². The lowest BCUT2D eigenvalue weighted by Crippen LogP contribution is -2.25. The fourth-order valence-corrected chi connectivity index (χ4v) is 5.14. The van der Waals surface area contributed by atoms with Crippen LogP contribution in [0, 0.1) is 5.82 Å². The van der Waals surface area contributed by atoms with Crippen LogP contribution in [0.2, 0.25) is 19.1 Å². The molecule has 4 N–H and O–H groups in total. The number of benzene rings is 2. The molecule has 5 nitrogen and oxygen atoms in total. The molecule has 30 heavy (non-hydrogen) atoms. The minimum absolute atomic E-state index is 0.232. The van der Waals surface area contributed by atoms with E-state index in [1.165, 1.54) is 23.3 Å². The van der Waals surface area contributed by atoms with E-state index in [1.807, 2.05) is 20.1 Å². The Balaban J connectivity index is 1.85. The van der Waals surface area contributed by atoms with Gasteiger partial charge in [-0.3, -0.25) is 4.79 Å². The number of rotatable bonds is 6. The van der Waals surface area contributed by atoms with Crippen LogP contribution in [0.15, 0.2) is 30.3 Å². The third-order valence-electron chi connectivity index (χ3n) is 5.74. The fraction of sp³-hybridized carbons (Fsp3) is 0.348. The van der Waals surface area contributed by atoms with Gasteiger partial charge in [-0.1, -0.05) is 12.1 Å². The number of aromatic amines is 1. The third-order valence-corrected chi connectivity index (χ3v) is 7.21. The van der Waals surface area contributed by atoms with E-state index in [4.69, 9.17) is 0 Å². The standard InChI is InChI=1S/C23H28FN3O2Si/c1-25-13-16-5-4-15(10-14(16)7-9-30(2,3)29)22-18-6-8-26-23(28)19-11-17(24)12-20(27-22)21(18)19/h4-5,10-12,25,27,29H,6-9,13H2,1-3H3,(H,26,28). The summed E-state index contributed by atoms with van der Waals surface area (Å²) in [4.78, 5) is 26.1. The van der Waals surface area contributed by atoms with Gasteiger partial charge in [0.25, 0.3) is 5.91 Å². The van der Waals surface area contributed by atoms with Gasteiger partial charge in [0, 0.05) is 29.7 Å². The maximum absolute atomic E-state index is 14.1. The molecule has 0 fully saturated rings. The highest BCUT2D eigenvalue weighted by Crippen LogP contribution is 2.35. The van der Waals surface area contributed by atoms with E-state index in [0.29, 0.717) is 24.0 Å². The summed E-state index contributed by atoms with van der Waals surface area (Å²) in [5, 5.41) is 6.89. The topological polar surface area (TPSA) is 77.2 Å². The molecule has 0 unspecified atom stereocenters. The van der Waals surface area contributed by atoms with Gasteiger partial charge in [-0.2, -0.15) is 0 Å². The molecule has 7 heteroatoms. The molecule has 1 amide bonds. The number of amides is 1. The Hall–Kier alpha value is -2.48. The van der Waals surface area contributed by atoms with Crippen molar-refractivity contribution in [1.29, 1.82) is 0 Å². The Morgan fingerprint density at radius 1 is 1.20 bits per heavy atom. The minimum atomic E-state index is -2.16. The van der Waals surface area contributed by atoms with Gasteiger partial charge in [0.1, 0.15) is 5.82 Å². The quantitative estimate of drug-likeness (QED) is 0.455. The van der Waals surface area contributed by atoms with Crippen molar-refractivity contribution < 1.29 is 14.0 Å². The summed E-state index contributed by atoms with van der Waals surface area (Å²) in [6, 6.07) is 9.94. The molecular formula is C23H28FN3O2Si. The molecule has 0 atom stereocenters. The molecular weight excluding hydrogens is 397 g/mol. The SMILES string of the molecule is CNCc1ccc(-c2[nH]c3cc(F)cc4c3c2CCNC4=O)cc1CC[Si](C)(C)O. The first kappa shape index (κ1) is 20.8. The first-order valence-corrected chi connectivity index (χ1v) is 13.5. The number of aryl methyl sites for hydroxylation is 1. The van der Waals surface area contributed by atoms with Crippen LogP contribution in [-0.4, -0.2) is 37.6 Å². The summed E-state index contributed by atoms with van der Waals surface area (Å²) in [5.41, 5.74) is 6.46. The molecule has 158 valence electrons. The summed E-state index contributed by atoms with van der Waals surface area (Å²) < 4.78 is 14.1. The summed E-state index contributed by atoms with van der Waals surface area (Å²) >= 11 is 0. The van der Waals surface area contributed by atoms with E-state index in [9.17, 15) is 14.0 Å². The largest absolute Gasteiger partial charge is 0.432 e. The first-order valence-electron chi connectivity index (χ1n) is 10.4. The van der Waals surface area contributed by atoms with Gasteiger partial charge in [-0.15, -0.1) is 0 Å². The van der Waals surface area contributed by atoms with Crippen LogP contribution >= 0.6 is 0 Å². The zero-order valence-electron chi connectivity index (χ0n) is 17.7. The van der Waals surface area contributed by atoms with E-state index >= 15 is 0 Å².